The molecule has 1 atom stereocenters. The fourth-order valence-corrected chi connectivity index (χ4v) is 4.66. The normalized spacial score (nSPS) is 17.1. The van der Waals surface area contributed by atoms with Crippen LogP contribution < -0.4 is 15.4 Å². The van der Waals surface area contributed by atoms with Gasteiger partial charge in [0.2, 0.25) is 0 Å². The SMILES string of the molecule is CC.Cc1cccc(SNC(=O)c2ccc(C)nc2N2CC(CCCN)CC2(C)C)n1. The zero-order valence-electron chi connectivity index (χ0n) is 19.7. The number of pyridine rings is 2. The Bertz CT molecular complexity index is 871. The van der Waals surface area contributed by atoms with Crippen LogP contribution in [0.25, 0.3) is 0 Å². The van der Waals surface area contributed by atoms with Crippen molar-refractivity contribution in [2.45, 2.75) is 71.4 Å². The zero-order chi connectivity index (χ0) is 23.0. The molecule has 1 amide bonds. The number of nitrogens with zero attached hydrogens (tertiary/aromatic N) is 3. The number of carbonyl (C=O) groups is 1. The molecular weight excluding hydrogens is 406 g/mol. The minimum atomic E-state index is -0.151. The standard InChI is InChI=1S/C22H31N5OS.C2H6/c1-15-7-5-9-19(24-15)29-26-21(28)18-11-10-16(2)25-20(18)27-14-17(8-6-12-23)13-22(27,3)4;1-2/h5,7,9-11,17H,6,8,12-14,23H2,1-4H3,(H,26,28);1-2H3. The number of hydrogen-bond donors (Lipinski definition) is 2. The van der Waals surface area contributed by atoms with E-state index >= 15 is 0 Å². The van der Waals surface area contributed by atoms with E-state index in [9.17, 15) is 4.79 Å². The molecule has 0 saturated carbocycles. The van der Waals surface area contributed by atoms with Crippen molar-refractivity contribution in [1.29, 1.82) is 0 Å². The second-order valence-corrected chi connectivity index (χ2v) is 9.22. The highest BCUT2D eigenvalue weighted by molar-refractivity contribution is 7.97. The largest absolute Gasteiger partial charge is 0.351 e. The molecule has 1 fully saturated rings. The van der Waals surface area contributed by atoms with Crippen LogP contribution in [-0.4, -0.2) is 34.5 Å². The van der Waals surface area contributed by atoms with Gasteiger partial charge in [0.25, 0.3) is 5.91 Å². The summed E-state index contributed by atoms with van der Waals surface area (Å²) in [5.74, 6) is 1.18. The monoisotopic (exact) mass is 443 g/mol. The Hall–Kier alpha value is -2.12. The minimum absolute atomic E-state index is 0.0552. The highest BCUT2D eigenvalue weighted by atomic mass is 32.2. The fourth-order valence-electron chi connectivity index (χ4n) is 4.01. The van der Waals surface area contributed by atoms with E-state index in [1.54, 1.807) is 0 Å². The first kappa shape index (κ1) is 25.1. The van der Waals surface area contributed by atoms with Crippen molar-refractivity contribution in [3.05, 3.63) is 47.3 Å². The lowest BCUT2D eigenvalue weighted by Crippen LogP contribution is -2.40. The first-order chi connectivity index (χ1) is 14.8. The van der Waals surface area contributed by atoms with Gasteiger partial charge in [-0.3, -0.25) is 9.52 Å². The molecule has 1 aliphatic rings. The quantitative estimate of drug-likeness (QED) is 0.592. The van der Waals surface area contributed by atoms with Crippen LogP contribution in [0.1, 0.15) is 68.7 Å². The summed E-state index contributed by atoms with van der Waals surface area (Å²) in [6.07, 6.45) is 3.22. The summed E-state index contributed by atoms with van der Waals surface area (Å²) in [5, 5.41) is 0.767. The molecule has 6 nitrogen and oxygen atoms in total. The average Bonchev–Trinajstić information content (AvgIpc) is 3.06. The molecular formula is C24H37N5OS. The van der Waals surface area contributed by atoms with E-state index in [1.165, 1.54) is 11.9 Å². The van der Waals surface area contributed by atoms with Crippen LogP contribution in [0.3, 0.4) is 0 Å². The van der Waals surface area contributed by atoms with Crippen LogP contribution in [-0.2, 0) is 0 Å². The Morgan fingerprint density at radius 1 is 1.19 bits per heavy atom. The molecule has 1 saturated heterocycles. The van der Waals surface area contributed by atoms with Gasteiger partial charge in [0, 0.05) is 35.4 Å². The van der Waals surface area contributed by atoms with E-state index in [1.807, 2.05) is 58.0 Å². The summed E-state index contributed by atoms with van der Waals surface area (Å²) in [6, 6.07) is 9.52. The van der Waals surface area contributed by atoms with Crippen LogP contribution in [0.5, 0.6) is 0 Å². The maximum Gasteiger partial charge on any atom is 0.265 e. The van der Waals surface area contributed by atoms with Crippen molar-refractivity contribution in [3.8, 4) is 0 Å². The second kappa shape index (κ2) is 11.5. The van der Waals surface area contributed by atoms with Gasteiger partial charge in [-0.1, -0.05) is 19.9 Å². The number of rotatable bonds is 7. The third kappa shape index (κ3) is 6.68. The molecule has 2 aromatic heterocycles. The van der Waals surface area contributed by atoms with Crippen molar-refractivity contribution in [2.24, 2.45) is 11.7 Å². The highest BCUT2D eigenvalue weighted by Crippen LogP contribution is 2.39. The van der Waals surface area contributed by atoms with E-state index in [0.29, 0.717) is 11.5 Å². The third-order valence-corrected chi connectivity index (χ3v) is 6.13. The zero-order valence-corrected chi connectivity index (χ0v) is 20.6. The number of carbonyl (C=O) groups excluding carboxylic acids is 1. The molecule has 0 radical (unpaired) electrons. The lowest BCUT2D eigenvalue weighted by atomic mass is 9.93. The number of amides is 1. The molecule has 1 unspecified atom stereocenters. The molecule has 31 heavy (non-hydrogen) atoms. The van der Waals surface area contributed by atoms with Crippen LogP contribution >= 0.6 is 11.9 Å². The van der Waals surface area contributed by atoms with Crippen molar-refractivity contribution in [2.75, 3.05) is 18.0 Å². The molecule has 3 rings (SSSR count). The van der Waals surface area contributed by atoms with Gasteiger partial charge in [-0.15, -0.1) is 0 Å². The van der Waals surface area contributed by atoms with Gasteiger partial charge >= 0.3 is 0 Å². The van der Waals surface area contributed by atoms with Gasteiger partial charge in [0.05, 0.1) is 5.56 Å². The number of nitrogens with two attached hydrogens (primary N) is 1. The predicted molar refractivity (Wildman–Crippen MR) is 130 cm³/mol. The van der Waals surface area contributed by atoms with Crippen LogP contribution in [0, 0.1) is 19.8 Å². The third-order valence-electron chi connectivity index (χ3n) is 5.40. The van der Waals surface area contributed by atoms with Gasteiger partial charge in [0.15, 0.2) is 0 Å². The van der Waals surface area contributed by atoms with E-state index in [4.69, 9.17) is 10.7 Å². The Kier molecular flexibility index (Phi) is 9.32. The van der Waals surface area contributed by atoms with Gasteiger partial charge < -0.3 is 10.6 Å². The number of aromatic nitrogens is 2. The minimum Gasteiger partial charge on any atom is -0.351 e. The van der Waals surface area contributed by atoms with E-state index in [2.05, 4.69) is 28.5 Å². The summed E-state index contributed by atoms with van der Waals surface area (Å²) in [4.78, 5) is 24.5. The van der Waals surface area contributed by atoms with Crippen molar-refractivity contribution < 1.29 is 4.79 Å². The summed E-state index contributed by atoms with van der Waals surface area (Å²) in [5.41, 5.74) is 8.08. The molecule has 3 N–H and O–H groups in total. The van der Waals surface area contributed by atoms with Crippen molar-refractivity contribution in [3.63, 3.8) is 0 Å². The van der Waals surface area contributed by atoms with Crippen LogP contribution in [0.15, 0.2) is 35.4 Å². The van der Waals surface area contributed by atoms with Gasteiger partial charge in [0.1, 0.15) is 10.8 Å². The van der Waals surface area contributed by atoms with Gasteiger partial charge in [-0.05, 0) is 83.7 Å². The topological polar surface area (TPSA) is 84.1 Å². The molecule has 0 aromatic carbocycles. The molecule has 0 spiro atoms. The van der Waals surface area contributed by atoms with Crippen molar-refractivity contribution in [1.82, 2.24) is 14.7 Å². The van der Waals surface area contributed by atoms with Gasteiger partial charge in [-0.25, -0.2) is 9.97 Å². The Morgan fingerprint density at radius 3 is 2.58 bits per heavy atom. The lowest BCUT2D eigenvalue weighted by molar-refractivity contribution is 0.0984. The molecule has 2 aromatic rings. The lowest BCUT2D eigenvalue weighted by Gasteiger charge is -2.33. The molecule has 7 heteroatoms. The van der Waals surface area contributed by atoms with Gasteiger partial charge in [-0.2, -0.15) is 0 Å². The van der Waals surface area contributed by atoms with E-state index in [-0.39, 0.29) is 11.4 Å². The van der Waals surface area contributed by atoms with Crippen LogP contribution in [0.4, 0.5) is 5.82 Å². The number of aryl methyl sites for hydroxylation is 2. The van der Waals surface area contributed by atoms with E-state index < -0.39 is 0 Å². The predicted octanol–water partition coefficient (Wildman–Crippen LogP) is 4.90. The van der Waals surface area contributed by atoms with Crippen molar-refractivity contribution >= 4 is 23.7 Å². The Labute approximate surface area is 191 Å². The summed E-state index contributed by atoms with van der Waals surface area (Å²) < 4.78 is 2.93. The maximum absolute atomic E-state index is 13.0. The molecule has 3 heterocycles. The second-order valence-electron chi connectivity index (χ2n) is 8.40. The Balaban J connectivity index is 0.00000166. The fraction of sp³-hybridized carbons (Fsp3) is 0.542. The average molecular weight is 444 g/mol. The highest BCUT2D eigenvalue weighted by Gasteiger charge is 2.40. The van der Waals surface area contributed by atoms with E-state index in [0.717, 1.165) is 54.6 Å². The summed E-state index contributed by atoms with van der Waals surface area (Å²) in [7, 11) is 0. The molecule has 1 aliphatic heterocycles. The molecule has 0 aliphatic carbocycles. The molecule has 170 valence electrons. The number of hydrogen-bond acceptors (Lipinski definition) is 6. The number of nitrogens with one attached hydrogen (secondary N) is 1. The first-order valence-corrected chi connectivity index (χ1v) is 12.0. The Morgan fingerprint density at radius 2 is 1.90 bits per heavy atom. The number of anilines is 1. The summed E-state index contributed by atoms with van der Waals surface area (Å²) >= 11 is 1.23. The smallest absolute Gasteiger partial charge is 0.265 e. The molecule has 0 bridgehead atoms. The maximum atomic E-state index is 13.0. The van der Waals surface area contributed by atoms with Crippen LogP contribution in [0.2, 0.25) is 0 Å². The first-order valence-electron chi connectivity index (χ1n) is 11.2. The summed E-state index contributed by atoms with van der Waals surface area (Å²) in [6.45, 7) is 14.0.